The van der Waals surface area contributed by atoms with Crippen LogP contribution in [-0.2, 0) is 20.0 Å². The Balaban J connectivity index is 0.00000256. The lowest BCUT2D eigenvalue weighted by atomic mass is 10.0. The van der Waals surface area contributed by atoms with Gasteiger partial charge in [-0.05, 0) is 43.4 Å². The van der Waals surface area contributed by atoms with E-state index in [4.69, 9.17) is 4.42 Å². The maximum Gasteiger partial charge on any atom is 0.226 e. The summed E-state index contributed by atoms with van der Waals surface area (Å²) >= 11 is 0. The predicted octanol–water partition coefficient (Wildman–Crippen LogP) is 3.64. The fraction of sp³-hybridized carbons (Fsp3) is 0.409. The zero-order valence-electron chi connectivity index (χ0n) is 17.7. The van der Waals surface area contributed by atoms with E-state index in [2.05, 4.69) is 50.5 Å². The Hall–Kier alpha value is -2.36. The lowest BCUT2D eigenvalue weighted by molar-refractivity contribution is 0.459. The van der Waals surface area contributed by atoms with E-state index < -0.39 is 0 Å². The molecule has 1 N–H and O–H groups in total. The van der Waals surface area contributed by atoms with Crippen molar-refractivity contribution in [3.8, 4) is 11.5 Å². The first kappa shape index (κ1) is 22.3. The van der Waals surface area contributed by atoms with E-state index in [1.165, 1.54) is 11.1 Å². The smallest absolute Gasteiger partial charge is 0.226 e. The molecule has 0 saturated carbocycles. The molecular formula is C22H29IN6O. The summed E-state index contributed by atoms with van der Waals surface area (Å²) in [6.07, 6.45) is 8.00. The topological polar surface area (TPSA) is 71.5 Å². The monoisotopic (exact) mass is 520 g/mol. The van der Waals surface area contributed by atoms with E-state index in [-0.39, 0.29) is 24.0 Å². The minimum atomic E-state index is 0. The fourth-order valence-corrected chi connectivity index (χ4v) is 3.82. The number of guanidine groups is 1. The van der Waals surface area contributed by atoms with Crippen LogP contribution in [0.15, 0.2) is 52.3 Å². The number of aliphatic imine (C=N–C) groups is 1. The Bertz CT molecular complexity index is 978. The molecule has 1 unspecified atom stereocenters. The van der Waals surface area contributed by atoms with Crippen molar-refractivity contribution in [1.29, 1.82) is 0 Å². The van der Waals surface area contributed by atoms with Crippen molar-refractivity contribution in [2.24, 2.45) is 18.0 Å². The molecule has 160 valence electrons. The van der Waals surface area contributed by atoms with Gasteiger partial charge in [-0.25, -0.2) is 4.98 Å². The van der Waals surface area contributed by atoms with Gasteiger partial charge in [0, 0.05) is 38.9 Å². The number of likely N-dealkylation sites (tertiary alicyclic amines) is 1. The Morgan fingerprint density at radius 3 is 2.80 bits per heavy atom. The number of hydrogen-bond acceptors (Lipinski definition) is 4. The fourth-order valence-electron chi connectivity index (χ4n) is 3.82. The highest BCUT2D eigenvalue weighted by Gasteiger charge is 2.25. The Labute approximate surface area is 194 Å². The van der Waals surface area contributed by atoms with Crippen molar-refractivity contribution in [3.63, 3.8) is 0 Å². The van der Waals surface area contributed by atoms with Gasteiger partial charge in [0.1, 0.15) is 6.26 Å². The highest BCUT2D eigenvalue weighted by atomic mass is 127. The van der Waals surface area contributed by atoms with Gasteiger partial charge in [0.15, 0.2) is 5.96 Å². The van der Waals surface area contributed by atoms with Gasteiger partial charge in [-0.1, -0.05) is 17.7 Å². The summed E-state index contributed by atoms with van der Waals surface area (Å²) in [6.45, 7) is 4.67. The first-order valence-electron chi connectivity index (χ1n) is 10.1. The summed E-state index contributed by atoms with van der Waals surface area (Å²) in [4.78, 5) is 11.4. The predicted molar refractivity (Wildman–Crippen MR) is 129 cm³/mol. The van der Waals surface area contributed by atoms with Crippen LogP contribution < -0.4 is 5.32 Å². The maximum absolute atomic E-state index is 5.65. The zero-order chi connectivity index (χ0) is 20.2. The molecule has 0 radical (unpaired) electrons. The van der Waals surface area contributed by atoms with E-state index in [9.17, 15) is 0 Å². The van der Waals surface area contributed by atoms with E-state index in [1.807, 2.05) is 37.1 Å². The van der Waals surface area contributed by atoms with Crippen molar-refractivity contribution in [2.45, 2.75) is 26.3 Å². The molecule has 1 aliphatic rings. The standard InChI is InChI=1S/C22H28N6O.HI/c1-16-4-6-19(7-5-16)21-26-20(15-29-21)12-24-22(23-2)28-9-8-17(14-28)10-18-11-25-27(3)13-18;/h4-7,11,13,15,17H,8-10,12,14H2,1-3H3,(H,23,24);1H. The van der Waals surface area contributed by atoms with Gasteiger partial charge >= 0.3 is 0 Å². The van der Waals surface area contributed by atoms with Gasteiger partial charge < -0.3 is 14.6 Å². The molecule has 8 heteroatoms. The first-order valence-corrected chi connectivity index (χ1v) is 10.1. The quantitative estimate of drug-likeness (QED) is 0.316. The van der Waals surface area contributed by atoms with E-state index in [0.29, 0.717) is 18.4 Å². The summed E-state index contributed by atoms with van der Waals surface area (Å²) < 4.78 is 7.52. The number of nitrogens with one attached hydrogen (secondary N) is 1. The maximum atomic E-state index is 5.65. The highest BCUT2D eigenvalue weighted by Crippen LogP contribution is 2.21. The number of hydrogen-bond donors (Lipinski definition) is 1. The van der Waals surface area contributed by atoms with Crippen molar-refractivity contribution in [1.82, 2.24) is 25.0 Å². The molecule has 0 bridgehead atoms. The van der Waals surface area contributed by atoms with Gasteiger partial charge in [0.05, 0.1) is 18.4 Å². The Morgan fingerprint density at radius 1 is 1.30 bits per heavy atom. The average Bonchev–Trinajstić information content (AvgIpc) is 3.46. The van der Waals surface area contributed by atoms with Crippen molar-refractivity contribution in [2.75, 3.05) is 20.1 Å². The third-order valence-corrected chi connectivity index (χ3v) is 5.36. The lowest BCUT2D eigenvalue weighted by Gasteiger charge is -2.21. The number of halogens is 1. The van der Waals surface area contributed by atoms with Crippen molar-refractivity contribution < 1.29 is 4.42 Å². The average molecular weight is 520 g/mol. The number of rotatable bonds is 5. The number of oxazole rings is 1. The molecule has 0 amide bonds. The normalized spacial score (nSPS) is 16.6. The van der Waals surface area contributed by atoms with E-state index >= 15 is 0 Å². The third-order valence-electron chi connectivity index (χ3n) is 5.36. The molecule has 3 aromatic rings. The molecule has 30 heavy (non-hydrogen) atoms. The molecule has 1 saturated heterocycles. The second-order valence-corrected chi connectivity index (χ2v) is 7.74. The van der Waals surface area contributed by atoms with E-state index in [0.717, 1.165) is 43.1 Å². The molecule has 1 fully saturated rings. The Kier molecular flexibility index (Phi) is 7.52. The largest absolute Gasteiger partial charge is 0.444 e. The number of nitrogens with zero attached hydrogens (tertiary/aromatic N) is 5. The SMILES string of the molecule is CN=C(NCc1coc(-c2ccc(C)cc2)n1)N1CCC(Cc2cnn(C)c2)C1.I. The summed E-state index contributed by atoms with van der Waals surface area (Å²) in [5.74, 6) is 2.19. The van der Waals surface area contributed by atoms with Gasteiger partial charge in [-0.3, -0.25) is 9.67 Å². The Morgan fingerprint density at radius 2 is 2.10 bits per heavy atom. The summed E-state index contributed by atoms with van der Waals surface area (Å²) in [7, 11) is 3.79. The lowest BCUT2D eigenvalue weighted by Crippen LogP contribution is -2.39. The van der Waals surface area contributed by atoms with Crippen LogP contribution in [0.4, 0.5) is 0 Å². The number of aromatic nitrogens is 3. The minimum Gasteiger partial charge on any atom is -0.444 e. The van der Waals surface area contributed by atoms with Gasteiger partial charge in [0.25, 0.3) is 0 Å². The summed E-state index contributed by atoms with van der Waals surface area (Å²) in [5, 5.41) is 7.70. The van der Waals surface area contributed by atoms with Gasteiger partial charge in [0.2, 0.25) is 5.89 Å². The van der Waals surface area contributed by atoms with Crippen LogP contribution in [-0.4, -0.2) is 45.8 Å². The van der Waals surface area contributed by atoms with Crippen LogP contribution in [0.3, 0.4) is 0 Å². The molecule has 1 aromatic carbocycles. The first-order chi connectivity index (χ1) is 14.1. The molecule has 1 atom stereocenters. The second-order valence-electron chi connectivity index (χ2n) is 7.74. The van der Waals surface area contributed by atoms with Gasteiger partial charge in [-0.2, -0.15) is 5.10 Å². The van der Waals surface area contributed by atoms with Crippen LogP contribution in [0.5, 0.6) is 0 Å². The second kappa shape index (κ2) is 10.1. The molecule has 1 aliphatic heterocycles. The molecule has 7 nitrogen and oxygen atoms in total. The van der Waals surface area contributed by atoms with Crippen LogP contribution in [0.2, 0.25) is 0 Å². The van der Waals surface area contributed by atoms with Crippen LogP contribution in [0, 0.1) is 12.8 Å². The third kappa shape index (κ3) is 5.41. The summed E-state index contributed by atoms with van der Waals surface area (Å²) in [5.41, 5.74) is 4.38. The highest BCUT2D eigenvalue weighted by molar-refractivity contribution is 14.0. The van der Waals surface area contributed by atoms with E-state index in [1.54, 1.807) is 6.26 Å². The van der Waals surface area contributed by atoms with Crippen LogP contribution >= 0.6 is 24.0 Å². The van der Waals surface area contributed by atoms with Crippen LogP contribution in [0.1, 0.15) is 23.2 Å². The zero-order valence-corrected chi connectivity index (χ0v) is 20.0. The van der Waals surface area contributed by atoms with Crippen molar-refractivity contribution >= 4 is 29.9 Å². The molecule has 0 aliphatic carbocycles. The number of benzene rings is 1. The molecule has 0 spiro atoms. The molecule has 4 rings (SSSR count). The molecular weight excluding hydrogens is 491 g/mol. The molecule has 3 heterocycles. The van der Waals surface area contributed by atoms with Gasteiger partial charge in [-0.15, -0.1) is 24.0 Å². The minimum absolute atomic E-state index is 0. The number of aryl methyl sites for hydroxylation is 2. The summed E-state index contributed by atoms with van der Waals surface area (Å²) in [6, 6.07) is 8.19. The van der Waals surface area contributed by atoms with Crippen LogP contribution in [0.25, 0.3) is 11.5 Å². The molecule has 2 aromatic heterocycles. The van der Waals surface area contributed by atoms with Crippen molar-refractivity contribution in [3.05, 3.63) is 59.7 Å².